The van der Waals surface area contributed by atoms with Crippen molar-refractivity contribution in [3.63, 3.8) is 0 Å². The van der Waals surface area contributed by atoms with Crippen molar-refractivity contribution in [3.8, 4) is 11.5 Å². The Hall–Kier alpha value is -2.16. The van der Waals surface area contributed by atoms with Gasteiger partial charge in [0.2, 0.25) is 0 Å². The summed E-state index contributed by atoms with van der Waals surface area (Å²) < 4.78 is 5.66. The van der Waals surface area contributed by atoms with E-state index in [9.17, 15) is 5.11 Å². The van der Waals surface area contributed by atoms with Crippen LogP contribution in [0.1, 0.15) is 31.0 Å². The lowest BCUT2D eigenvalue weighted by molar-refractivity contribution is 0.335. The molecule has 0 aromatic heterocycles. The summed E-state index contributed by atoms with van der Waals surface area (Å²) in [5, 5.41) is 13.0. The molecule has 1 unspecified atom stereocenters. The highest BCUT2D eigenvalue weighted by atomic mass is 16.5. The lowest BCUT2D eigenvalue weighted by Gasteiger charge is -2.19. The van der Waals surface area contributed by atoms with E-state index >= 15 is 0 Å². The predicted octanol–water partition coefficient (Wildman–Crippen LogP) is 4.27. The smallest absolute Gasteiger partial charge is 0.124 e. The minimum absolute atomic E-state index is 0.127. The molecule has 0 bridgehead atoms. The van der Waals surface area contributed by atoms with Crippen LogP contribution in [0.15, 0.2) is 42.5 Å². The van der Waals surface area contributed by atoms with Gasteiger partial charge in [0.1, 0.15) is 11.5 Å². The molecule has 2 aromatic carbocycles. The zero-order valence-electron chi connectivity index (χ0n) is 12.2. The number of phenolic OH excluding ortho intramolecular Hbond substituents is 1. The van der Waals surface area contributed by atoms with Gasteiger partial charge in [-0.05, 0) is 50.6 Å². The number of ether oxygens (including phenoxy) is 1. The van der Waals surface area contributed by atoms with Crippen LogP contribution in [0.25, 0.3) is 0 Å². The Morgan fingerprint density at radius 1 is 1.20 bits per heavy atom. The first kappa shape index (κ1) is 14.3. The van der Waals surface area contributed by atoms with Gasteiger partial charge in [0, 0.05) is 11.3 Å². The molecule has 0 radical (unpaired) electrons. The minimum Gasteiger partial charge on any atom is -0.508 e. The first-order valence-corrected chi connectivity index (χ1v) is 6.89. The summed E-state index contributed by atoms with van der Waals surface area (Å²) in [7, 11) is 0. The Balaban J connectivity index is 2.19. The van der Waals surface area contributed by atoms with Gasteiger partial charge < -0.3 is 15.2 Å². The molecule has 20 heavy (non-hydrogen) atoms. The molecule has 0 spiro atoms. The van der Waals surface area contributed by atoms with Crippen LogP contribution in [0.4, 0.5) is 5.69 Å². The zero-order chi connectivity index (χ0) is 14.5. The summed E-state index contributed by atoms with van der Waals surface area (Å²) in [6, 6.07) is 13.7. The maximum atomic E-state index is 9.56. The second-order valence-corrected chi connectivity index (χ2v) is 4.84. The second kappa shape index (κ2) is 6.33. The number of benzene rings is 2. The van der Waals surface area contributed by atoms with Crippen LogP contribution in [0.5, 0.6) is 11.5 Å². The summed E-state index contributed by atoms with van der Waals surface area (Å²) in [6.07, 6.45) is 0. The van der Waals surface area contributed by atoms with Crippen molar-refractivity contribution >= 4 is 5.69 Å². The average molecular weight is 271 g/mol. The number of aryl methyl sites for hydroxylation is 1. The summed E-state index contributed by atoms with van der Waals surface area (Å²) >= 11 is 0. The van der Waals surface area contributed by atoms with Crippen LogP contribution in [-0.2, 0) is 0 Å². The molecule has 106 valence electrons. The van der Waals surface area contributed by atoms with E-state index in [1.807, 2.05) is 44.2 Å². The molecule has 0 aliphatic rings. The normalized spacial score (nSPS) is 11.9. The molecular weight excluding hydrogens is 250 g/mol. The Bertz CT molecular complexity index is 581. The minimum atomic E-state index is 0.127. The van der Waals surface area contributed by atoms with Crippen molar-refractivity contribution in [1.82, 2.24) is 0 Å². The van der Waals surface area contributed by atoms with Crippen LogP contribution >= 0.6 is 0 Å². The Labute approximate surface area is 120 Å². The number of nitrogens with one attached hydrogen (secondary N) is 1. The average Bonchev–Trinajstić information content (AvgIpc) is 2.44. The van der Waals surface area contributed by atoms with Gasteiger partial charge >= 0.3 is 0 Å². The molecule has 2 aromatic rings. The SMILES string of the molecule is CCOc1ccccc1C(C)Nc1ccc(O)c(C)c1. The maximum absolute atomic E-state index is 9.56. The molecule has 2 N–H and O–H groups in total. The van der Waals surface area contributed by atoms with Crippen molar-refractivity contribution in [2.24, 2.45) is 0 Å². The van der Waals surface area contributed by atoms with Crippen molar-refractivity contribution in [1.29, 1.82) is 0 Å². The van der Waals surface area contributed by atoms with Gasteiger partial charge in [-0.25, -0.2) is 0 Å². The molecular formula is C17H21NO2. The molecule has 0 aliphatic carbocycles. The number of hydrogen-bond acceptors (Lipinski definition) is 3. The molecule has 0 amide bonds. The van der Waals surface area contributed by atoms with E-state index in [0.29, 0.717) is 12.4 Å². The van der Waals surface area contributed by atoms with Gasteiger partial charge in [-0.15, -0.1) is 0 Å². The molecule has 1 atom stereocenters. The first-order valence-electron chi connectivity index (χ1n) is 6.89. The molecule has 3 nitrogen and oxygen atoms in total. The molecule has 0 aliphatic heterocycles. The van der Waals surface area contributed by atoms with Gasteiger partial charge in [0.15, 0.2) is 0 Å². The van der Waals surface area contributed by atoms with E-state index < -0.39 is 0 Å². The third-order valence-corrected chi connectivity index (χ3v) is 3.27. The number of para-hydroxylation sites is 1. The Morgan fingerprint density at radius 2 is 1.95 bits per heavy atom. The number of hydrogen-bond donors (Lipinski definition) is 2. The highest BCUT2D eigenvalue weighted by molar-refractivity contribution is 5.52. The van der Waals surface area contributed by atoms with Crippen LogP contribution in [0.3, 0.4) is 0 Å². The standard InChI is InChI=1S/C17H21NO2/c1-4-20-17-8-6-5-7-15(17)13(3)18-14-9-10-16(19)12(2)11-14/h5-11,13,18-19H,4H2,1-3H3. The van der Waals surface area contributed by atoms with Gasteiger partial charge in [-0.3, -0.25) is 0 Å². The van der Waals surface area contributed by atoms with Crippen molar-refractivity contribution in [3.05, 3.63) is 53.6 Å². The summed E-state index contributed by atoms with van der Waals surface area (Å²) in [4.78, 5) is 0. The molecule has 0 saturated heterocycles. The molecule has 0 saturated carbocycles. The van der Waals surface area contributed by atoms with Crippen LogP contribution in [0.2, 0.25) is 0 Å². The van der Waals surface area contributed by atoms with E-state index in [0.717, 1.165) is 22.6 Å². The van der Waals surface area contributed by atoms with Gasteiger partial charge in [0.25, 0.3) is 0 Å². The van der Waals surface area contributed by atoms with Crippen molar-refractivity contribution < 1.29 is 9.84 Å². The van der Waals surface area contributed by atoms with E-state index in [1.165, 1.54) is 0 Å². The van der Waals surface area contributed by atoms with Gasteiger partial charge in [-0.2, -0.15) is 0 Å². The topological polar surface area (TPSA) is 41.5 Å². The molecule has 3 heteroatoms. The highest BCUT2D eigenvalue weighted by Gasteiger charge is 2.11. The largest absolute Gasteiger partial charge is 0.508 e. The fraction of sp³-hybridized carbons (Fsp3) is 0.294. The monoisotopic (exact) mass is 271 g/mol. The van der Waals surface area contributed by atoms with Gasteiger partial charge in [-0.1, -0.05) is 18.2 Å². The van der Waals surface area contributed by atoms with E-state index in [-0.39, 0.29) is 6.04 Å². The number of anilines is 1. The fourth-order valence-corrected chi connectivity index (χ4v) is 2.20. The van der Waals surface area contributed by atoms with Crippen molar-refractivity contribution in [2.45, 2.75) is 26.8 Å². The van der Waals surface area contributed by atoms with E-state index in [4.69, 9.17) is 4.74 Å². The molecule has 2 rings (SSSR count). The second-order valence-electron chi connectivity index (χ2n) is 4.84. The van der Waals surface area contributed by atoms with Crippen molar-refractivity contribution in [2.75, 3.05) is 11.9 Å². The third kappa shape index (κ3) is 3.23. The number of rotatable bonds is 5. The van der Waals surface area contributed by atoms with E-state index in [2.05, 4.69) is 18.3 Å². The maximum Gasteiger partial charge on any atom is 0.124 e. The van der Waals surface area contributed by atoms with Gasteiger partial charge in [0.05, 0.1) is 12.6 Å². The zero-order valence-corrected chi connectivity index (χ0v) is 12.2. The number of aromatic hydroxyl groups is 1. The van der Waals surface area contributed by atoms with Crippen LogP contribution < -0.4 is 10.1 Å². The Morgan fingerprint density at radius 3 is 2.65 bits per heavy atom. The Kier molecular flexibility index (Phi) is 4.51. The third-order valence-electron chi connectivity index (χ3n) is 3.27. The number of phenols is 1. The van der Waals surface area contributed by atoms with Crippen LogP contribution in [-0.4, -0.2) is 11.7 Å². The summed E-state index contributed by atoms with van der Waals surface area (Å²) in [5.41, 5.74) is 2.97. The lowest BCUT2D eigenvalue weighted by atomic mass is 10.1. The molecule has 0 fully saturated rings. The summed E-state index contributed by atoms with van der Waals surface area (Å²) in [5.74, 6) is 1.23. The molecule has 0 heterocycles. The van der Waals surface area contributed by atoms with Crippen LogP contribution in [0, 0.1) is 6.92 Å². The lowest BCUT2D eigenvalue weighted by Crippen LogP contribution is -2.09. The quantitative estimate of drug-likeness (QED) is 0.798. The first-order chi connectivity index (χ1) is 9.61. The summed E-state index contributed by atoms with van der Waals surface area (Å²) in [6.45, 7) is 6.62. The predicted molar refractivity (Wildman–Crippen MR) is 82.5 cm³/mol. The highest BCUT2D eigenvalue weighted by Crippen LogP contribution is 2.29. The fourth-order valence-electron chi connectivity index (χ4n) is 2.20. The van der Waals surface area contributed by atoms with E-state index in [1.54, 1.807) is 6.07 Å².